The highest BCUT2D eigenvalue weighted by Gasteiger charge is 2.62. The Morgan fingerprint density at radius 3 is 3.12 bits per heavy atom. The summed E-state index contributed by atoms with van der Waals surface area (Å²) in [5.74, 6) is 0.819. The summed E-state index contributed by atoms with van der Waals surface area (Å²) in [6.45, 7) is 5.74. The largest absolute Gasteiger partial charge is 0.375 e. The number of nitrogens with zero attached hydrogens (tertiary/aromatic N) is 1. The van der Waals surface area contributed by atoms with Crippen LogP contribution in [0.4, 0.5) is 0 Å². The van der Waals surface area contributed by atoms with Gasteiger partial charge in [0.2, 0.25) is 5.91 Å². The molecule has 1 aromatic rings. The van der Waals surface area contributed by atoms with Crippen LogP contribution in [0, 0.1) is 18.8 Å². The van der Waals surface area contributed by atoms with Crippen LogP contribution in [-0.4, -0.2) is 55.9 Å². The van der Waals surface area contributed by atoms with Crippen molar-refractivity contribution in [3.05, 3.63) is 34.3 Å². The Balaban J connectivity index is 1.44. The molecule has 5 nitrogen and oxygen atoms in total. The summed E-state index contributed by atoms with van der Waals surface area (Å²) >= 11 is 6.43. The molecule has 4 atom stereocenters. The summed E-state index contributed by atoms with van der Waals surface area (Å²) in [4.78, 5) is 14.3. The molecule has 1 aromatic carbocycles. The molecule has 3 fully saturated rings. The van der Waals surface area contributed by atoms with Gasteiger partial charge in [-0.2, -0.15) is 0 Å². The van der Waals surface area contributed by atoms with Gasteiger partial charge in [-0.3, -0.25) is 9.69 Å². The minimum absolute atomic E-state index is 0.0313. The summed E-state index contributed by atoms with van der Waals surface area (Å²) in [5.41, 5.74) is 2.42. The Bertz CT molecular complexity index is 677. The lowest BCUT2D eigenvalue weighted by atomic mass is 9.73. The molecule has 0 unspecified atom stereocenters. The van der Waals surface area contributed by atoms with Crippen molar-refractivity contribution in [1.82, 2.24) is 10.2 Å². The van der Waals surface area contributed by atoms with Gasteiger partial charge in [-0.1, -0.05) is 23.7 Å². The fourth-order valence-corrected chi connectivity index (χ4v) is 5.47. The van der Waals surface area contributed by atoms with E-state index < -0.39 is 0 Å². The lowest BCUT2D eigenvalue weighted by Crippen LogP contribution is -2.42. The molecule has 1 amide bonds. The third kappa shape index (κ3) is 3.15. The van der Waals surface area contributed by atoms with Crippen molar-refractivity contribution in [2.24, 2.45) is 11.8 Å². The topological polar surface area (TPSA) is 50.8 Å². The van der Waals surface area contributed by atoms with Gasteiger partial charge in [0.1, 0.15) is 6.61 Å². The van der Waals surface area contributed by atoms with Crippen LogP contribution < -0.4 is 5.32 Å². The van der Waals surface area contributed by atoms with E-state index in [9.17, 15) is 4.79 Å². The normalized spacial score (nSPS) is 32.8. The lowest BCUT2D eigenvalue weighted by Gasteiger charge is -2.29. The van der Waals surface area contributed by atoms with Crippen molar-refractivity contribution in [2.75, 3.05) is 33.4 Å². The van der Waals surface area contributed by atoms with Gasteiger partial charge in [0.05, 0.1) is 11.7 Å². The van der Waals surface area contributed by atoms with Crippen molar-refractivity contribution >= 4 is 17.5 Å². The second-order valence-electron chi connectivity index (χ2n) is 7.97. The molecular weight excluding hydrogens is 352 g/mol. The van der Waals surface area contributed by atoms with E-state index in [1.807, 2.05) is 12.1 Å². The van der Waals surface area contributed by atoms with Gasteiger partial charge in [-0.05, 0) is 37.0 Å². The minimum Gasteiger partial charge on any atom is -0.375 e. The van der Waals surface area contributed by atoms with Crippen LogP contribution >= 0.6 is 11.6 Å². The van der Waals surface area contributed by atoms with Gasteiger partial charge in [-0.15, -0.1) is 0 Å². The predicted molar refractivity (Wildman–Crippen MR) is 100 cm³/mol. The zero-order valence-electron chi connectivity index (χ0n) is 15.5. The van der Waals surface area contributed by atoms with Crippen molar-refractivity contribution in [2.45, 2.75) is 38.0 Å². The minimum atomic E-state index is -0.0501. The number of hydrogen-bond acceptors (Lipinski definition) is 4. The van der Waals surface area contributed by atoms with E-state index in [0.29, 0.717) is 18.4 Å². The van der Waals surface area contributed by atoms with E-state index in [1.165, 1.54) is 11.1 Å². The maximum atomic E-state index is 11.8. The molecule has 6 heteroatoms. The Morgan fingerprint density at radius 2 is 2.35 bits per heavy atom. The number of halogens is 1. The number of carbonyl (C=O) groups excluding carboxylic acids is 1. The summed E-state index contributed by atoms with van der Waals surface area (Å²) < 4.78 is 11.4. The summed E-state index contributed by atoms with van der Waals surface area (Å²) in [5, 5.41) is 3.86. The number of amides is 1. The Labute approximate surface area is 160 Å². The number of methoxy groups -OCH3 is 1. The number of likely N-dealkylation sites (tertiary alicyclic amines) is 1. The number of carbonyl (C=O) groups is 1. The number of rotatable bonds is 6. The Kier molecular flexibility index (Phi) is 4.99. The van der Waals surface area contributed by atoms with Crippen LogP contribution in [0.2, 0.25) is 5.02 Å². The van der Waals surface area contributed by atoms with Crippen molar-refractivity contribution in [1.29, 1.82) is 0 Å². The lowest BCUT2D eigenvalue weighted by molar-refractivity contribution is -0.125. The van der Waals surface area contributed by atoms with E-state index in [0.717, 1.165) is 37.5 Å². The third-order valence-electron chi connectivity index (χ3n) is 6.40. The van der Waals surface area contributed by atoms with E-state index in [2.05, 4.69) is 23.2 Å². The average Bonchev–Trinajstić information content (AvgIpc) is 3.24. The molecule has 3 aliphatic rings. The molecule has 26 heavy (non-hydrogen) atoms. The van der Waals surface area contributed by atoms with Crippen molar-refractivity contribution < 1.29 is 14.3 Å². The van der Waals surface area contributed by atoms with Gasteiger partial charge < -0.3 is 14.8 Å². The molecule has 2 bridgehead atoms. The van der Waals surface area contributed by atoms with Crippen LogP contribution in [-0.2, 0) is 20.8 Å². The number of hydrogen-bond donors (Lipinski definition) is 1. The number of aryl methyl sites for hydroxylation is 1. The Hall–Kier alpha value is -1.14. The van der Waals surface area contributed by atoms with Crippen LogP contribution in [0.25, 0.3) is 0 Å². The molecule has 3 saturated heterocycles. The molecule has 0 aliphatic carbocycles. The van der Waals surface area contributed by atoms with Gasteiger partial charge in [0.25, 0.3) is 0 Å². The molecule has 1 N–H and O–H groups in total. The first-order valence-corrected chi connectivity index (χ1v) is 9.80. The molecule has 4 rings (SSSR count). The molecule has 0 saturated carbocycles. The molecule has 1 spiro atoms. The highest BCUT2D eigenvalue weighted by Crippen LogP contribution is 2.54. The number of ether oxygens (including phenoxy) is 2. The maximum absolute atomic E-state index is 11.8. The van der Waals surface area contributed by atoms with Crippen LogP contribution in [0.3, 0.4) is 0 Å². The van der Waals surface area contributed by atoms with Gasteiger partial charge in [0.15, 0.2) is 0 Å². The van der Waals surface area contributed by atoms with Crippen LogP contribution in [0.15, 0.2) is 18.2 Å². The van der Waals surface area contributed by atoms with Gasteiger partial charge in [-0.25, -0.2) is 0 Å². The fraction of sp³-hybridized carbons (Fsp3) is 0.650. The molecular formula is C20H27ClN2O3. The maximum Gasteiger partial charge on any atom is 0.245 e. The van der Waals surface area contributed by atoms with Crippen LogP contribution in [0.5, 0.6) is 0 Å². The Morgan fingerprint density at radius 1 is 1.50 bits per heavy atom. The smallest absolute Gasteiger partial charge is 0.245 e. The van der Waals surface area contributed by atoms with Gasteiger partial charge >= 0.3 is 0 Å². The third-order valence-corrected chi connectivity index (χ3v) is 6.75. The molecule has 3 aliphatic heterocycles. The number of fused-ring (bicyclic) bond motifs is 1. The predicted octanol–water partition coefficient (Wildman–Crippen LogP) is 2.39. The highest BCUT2D eigenvalue weighted by molar-refractivity contribution is 6.31. The summed E-state index contributed by atoms with van der Waals surface area (Å²) in [7, 11) is 1.54. The summed E-state index contributed by atoms with van der Waals surface area (Å²) in [6.07, 6.45) is 2.51. The fourth-order valence-electron chi connectivity index (χ4n) is 5.18. The zero-order chi connectivity index (χ0) is 18.3. The van der Waals surface area contributed by atoms with E-state index in [4.69, 9.17) is 21.1 Å². The number of nitrogens with one attached hydrogen (secondary N) is 1. The van der Waals surface area contributed by atoms with Crippen molar-refractivity contribution in [3.63, 3.8) is 0 Å². The quantitative estimate of drug-likeness (QED) is 0.825. The summed E-state index contributed by atoms with van der Waals surface area (Å²) in [6, 6.07) is 6.09. The monoisotopic (exact) mass is 378 g/mol. The first-order valence-electron chi connectivity index (χ1n) is 9.42. The molecule has 3 heterocycles. The first-order chi connectivity index (χ1) is 12.5. The standard InChI is InChI=1S/C20H27ClN2O3/c1-13-4-3-5-17(21)15(13)9-23-10-16-14(8-22-19(24)11-25-2)18-6-7-20(16,12-23)26-18/h3-5,14,16,18H,6-12H2,1-2H3,(H,22,24)/t14-,16+,18+,20+/m0/s1. The molecule has 0 aromatic heterocycles. The second-order valence-corrected chi connectivity index (χ2v) is 8.38. The first kappa shape index (κ1) is 18.2. The SMILES string of the molecule is COCC(=O)NC[C@H]1[C@H]2CN(Cc3c(C)cccc3Cl)C[C@]23CC[C@H]1O3. The second kappa shape index (κ2) is 7.12. The average molecular weight is 379 g/mol. The number of benzene rings is 1. The van der Waals surface area contributed by atoms with E-state index >= 15 is 0 Å². The van der Waals surface area contributed by atoms with E-state index in [-0.39, 0.29) is 24.2 Å². The van der Waals surface area contributed by atoms with Crippen LogP contribution in [0.1, 0.15) is 24.0 Å². The zero-order valence-corrected chi connectivity index (χ0v) is 16.2. The van der Waals surface area contributed by atoms with Crippen molar-refractivity contribution in [3.8, 4) is 0 Å². The molecule has 0 radical (unpaired) electrons. The highest BCUT2D eigenvalue weighted by atomic mass is 35.5. The van der Waals surface area contributed by atoms with Gasteiger partial charge in [0, 0.05) is 50.1 Å². The van der Waals surface area contributed by atoms with E-state index in [1.54, 1.807) is 7.11 Å². The molecule has 142 valence electrons.